The van der Waals surface area contributed by atoms with Gasteiger partial charge in [0.15, 0.2) is 11.6 Å². The first-order valence-electron chi connectivity index (χ1n) is 6.43. The number of piperidine rings is 1. The van der Waals surface area contributed by atoms with Crippen LogP contribution in [0, 0.1) is 17.6 Å². The number of carbonyl (C=O) groups excluding carboxylic acids is 1. The van der Waals surface area contributed by atoms with Gasteiger partial charge in [0.2, 0.25) is 0 Å². The van der Waals surface area contributed by atoms with E-state index >= 15 is 0 Å². The Morgan fingerprint density at radius 2 is 1.86 bits per heavy atom. The van der Waals surface area contributed by atoms with Crippen LogP contribution in [0.25, 0.3) is 0 Å². The summed E-state index contributed by atoms with van der Waals surface area (Å²) in [5.74, 6) is -3.03. The molecule has 0 atom stereocenters. The fraction of sp³-hybridized carbons (Fsp3) is 0.462. The lowest BCUT2D eigenvalue weighted by Gasteiger charge is -2.30. The highest BCUT2D eigenvalue weighted by atomic mass is 35.7. The number of rotatable bonds is 2. The Labute approximate surface area is 126 Å². The molecule has 0 aliphatic carbocycles. The van der Waals surface area contributed by atoms with E-state index in [9.17, 15) is 22.0 Å². The van der Waals surface area contributed by atoms with Crippen molar-refractivity contribution in [1.29, 1.82) is 0 Å². The number of carbonyl (C=O) groups is 1. The van der Waals surface area contributed by atoms with E-state index < -0.39 is 37.1 Å². The molecule has 2 rings (SSSR count). The van der Waals surface area contributed by atoms with Crippen molar-refractivity contribution in [2.24, 2.45) is 5.92 Å². The van der Waals surface area contributed by atoms with Gasteiger partial charge < -0.3 is 4.90 Å². The first kappa shape index (κ1) is 16.2. The van der Waals surface area contributed by atoms with E-state index in [0.29, 0.717) is 25.1 Å². The number of hydrogen-bond acceptors (Lipinski definition) is 3. The average molecular weight is 338 g/mol. The van der Waals surface area contributed by atoms with E-state index in [1.165, 1.54) is 4.90 Å². The molecule has 116 valence electrons. The van der Waals surface area contributed by atoms with Crippen LogP contribution in [-0.4, -0.2) is 32.3 Å². The molecule has 0 saturated carbocycles. The lowest BCUT2D eigenvalue weighted by molar-refractivity contribution is 0.0691. The molecular weight excluding hydrogens is 324 g/mol. The summed E-state index contributed by atoms with van der Waals surface area (Å²) < 4.78 is 49.8. The maximum Gasteiger partial charge on any atom is 0.261 e. The first-order chi connectivity index (χ1) is 9.70. The van der Waals surface area contributed by atoms with Crippen molar-refractivity contribution in [3.8, 4) is 0 Å². The maximum atomic E-state index is 13.8. The second kappa shape index (κ2) is 5.88. The van der Waals surface area contributed by atoms with E-state index in [1.54, 1.807) is 0 Å². The van der Waals surface area contributed by atoms with Crippen molar-refractivity contribution in [2.75, 3.05) is 13.1 Å². The molecular formula is C13H14ClF2NO3S. The van der Waals surface area contributed by atoms with Gasteiger partial charge in [0.1, 0.15) is 0 Å². The number of halogens is 3. The zero-order chi connectivity index (χ0) is 15.8. The molecule has 1 fully saturated rings. The summed E-state index contributed by atoms with van der Waals surface area (Å²) >= 11 is 0. The molecule has 1 aliphatic rings. The Balaban J connectivity index is 2.39. The molecule has 21 heavy (non-hydrogen) atoms. The van der Waals surface area contributed by atoms with Crippen molar-refractivity contribution >= 4 is 25.6 Å². The van der Waals surface area contributed by atoms with Crippen molar-refractivity contribution in [3.05, 3.63) is 29.3 Å². The van der Waals surface area contributed by atoms with E-state index in [-0.39, 0.29) is 0 Å². The van der Waals surface area contributed by atoms with Gasteiger partial charge in [0, 0.05) is 23.8 Å². The average Bonchev–Trinajstić information content (AvgIpc) is 2.40. The van der Waals surface area contributed by atoms with Gasteiger partial charge in [-0.05, 0) is 30.9 Å². The van der Waals surface area contributed by atoms with Crippen LogP contribution in [0.2, 0.25) is 0 Å². The van der Waals surface area contributed by atoms with E-state index in [2.05, 4.69) is 0 Å². The largest absolute Gasteiger partial charge is 0.339 e. The molecule has 0 N–H and O–H groups in total. The molecule has 1 aromatic carbocycles. The standard InChI is InChI=1S/C13H14ClF2NO3S/c1-8-2-4-17(5-3-8)13(18)10-6-9(21(14,19)20)7-11(15)12(10)16/h6-8H,2-5H2,1H3. The molecule has 1 heterocycles. The van der Waals surface area contributed by atoms with Crippen LogP contribution >= 0.6 is 10.7 Å². The highest BCUT2D eigenvalue weighted by Gasteiger charge is 2.27. The number of nitrogens with zero attached hydrogens (tertiary/aromatic N) is 1. The molecule has 1 aliphatic heterocycles. The summed E-state index contributed by atoms with van der Waals surface area (Å²) in [4.78, 5) is 13.0. The molecule has 0 radical (unpaired) electrons. The number of hydrogen-bond donors (Lipinski definition) is 0. The van der Waals surface area contributed by atoms with Crippen LogP contribution in [0.3, 0.4) is 0 Å². The first-order valence-corrected chi connectivity index (χ1v) is 8.74. The van der Waals surface area contributed by atoms with Gasteiger partial charge in [-0.25, -0.2) is 17.2 Å². The van der Waals surface area contributed by atoms with Gasteiger partial charge in [-0.1, -0.05) is 6.92 Å². The Kier molecular flexibility index (Phi) is 4.53. The molecule has 4 nitrogen and oxygen atoms in total. The van der Waals surface area contributed by atoms with Crippen molar-refractivity contribution in [3.63, 3.8) is 0 Å². The third kappa shape index (κ3) is 3.52. The van der Waals surface area contributed by atoms with Crippen LogP contribution in [0.1, 0.15) is 30.1 Å². The minimum Gasteiger partial charge on any atom is -0.339 e. The lowest BCUT2D eigenvalue weighted by Crippen LogP contribution is -2.38. The quantitative estimate of drug-likeness (QED) is 0.780. The highest BCUT2D eigenvalue weighted by Crippen LogP contribution is 2.24. The van der Waals surface area contributed by atoms with E-state index in [4.69, 9.17) is 10.7 Å². The monoisotopic (exact) mass is 337 g/mol. The molecule has 0 unspecified atom stereocenters. The normalized spacial score (nSPS) is 17.0. The second-order valence-electron chi connectivity index (χ2n) is 5.18. The van der Waals surface area contributed by atoms with Gasteiger partial charge >= 0.3 is 0 Å². The Bertz CT molecular complexity index is 670. The topological polar surface area (TPSA) is 54.5 Å². The molecule has 8 heteroatoms. The van der Waals surface area contributed by atoms with Gasteiger partial charge in [0.25, 0.3) is 15.0 Å². The highest BCUT2D eigenvalue weighted by molar-refractivity contribution is 8.13. The van der Waals surface area contributed by atoms with Crippen LogP contribution in [-0.2, 0) is 9.05 Å². The number of likely N-dealkylation sites (tertiary alicyclic amines) is 1. The molecule has 1 aromatic rings. The minimum atomic E-state index is -4.24. The van der Waals surface area contributed by atoms with Crippen LogP contribution in [0.5, 0.6) is 0 Å². The molecule has 0 aromatic heterocycles. The van der Waals surface area contributed by atoms with E-state index in [1.807, 2.05) is 6.92 Å². The van der Waals surface area contributed by atoms with Gasteiger partial charge in [0.05, 0.1) is 10.5 Å². The van der Waals surface area contributed by atoms with Crippen LogP contribution in [0.15, 0.2) is 17.0 Å². The summed E-state index contributed by atoms with van der Waals surface area (Å²) in [6.45, 7) is 2.90. The fourth-order valence-electron chi connectivity index (χ4n) is 2.24. The maximum absolute atomic E-state index is 13.8. The fourth-order valence-corrected chi connectivity index (χ4v) is 3.01. The van der Waals surface area contributed by atoms with Crippen molar-refractivity contribution in [1.82, 2.24) is 4.90 Å². The minimum absolute atomic E-state index is 0.429. The van der Waals surface area contributed by atoms with Crippen molar-refractivity contribution < 1.29 is 22.0 Å². The van der Waals surface area contributed by atoms with Crippen LogP contribution in [0.4, 0.5) is 8.78 Å². The summed E-state index contributed by atoms with van der Waals surface area (Å²) in [6.07, 6.45) is 1.53. The predicted octanol–water partition coefficient (Wildman–Crippen LogP) is 2.76. The molecule has 0 spiro atoms. The summed E-state index contributed by atoms with van der Waals surface area (Å²) in [7, 11) is 0.880. The van der Waals surface area contributed by atoms with Gasteiger partial charge in [-0.15, -0.1) is 0 Å². The zero-order valence-corrected chi connectivity index (χ0v) is 12.8. The van der Waals surface area contributed by atoms with E-state index in [0.717, 1.165) is 18.9 Å². The zero-order valence-electron chi connectivity index (χ0n) is 11.3. The molecule has 0 bridgehead atoms. The smallest absolute Gasteiger partial charge is 0.261 e. The summed E-state index contributed by atoms with van der Waals surface area (Å²) in [5.41, 5.74) is -0.608. The summed E-state index contributed by atoms with van der Waals surface area (Å²) in [6, 6.07) is 1.24. The SMILES string of the molecule is CC1CCN(C(=O)c2cc(S(=O)(=O)Cl)cc(F)c2F)CC1. The summed E-state index contributed by atoms with van der Waals surface area (Å²) in [5, 5.41) is 0. The number of amides is 1. The Morgan fingerprint density at radius 3 is 2.38 bits per heavy atom. The molecule has 1 saturated heterocycles. The predicted molar refractivity (Wildman–Crippen MR) is 73.7 cm³/mol. The lowest BCUT2D eigenvalue weighted by atomic mass is 9.98. The second-order valence-corrected chi connectivity index (χ2v) is 7.75. The van der Waals surface area contributed by atoms with Crippen LogP contribution < -0.4 is 0 Å². The number of benzene rings is 1. The van der Waals surface area contributed by atoms with Crippen molar-refractivity contribution in [2.45, 2.75) is 24.7 Å². The third-order valence-electron chi connectivity index (χ3n) is 3.58. The van der Waals surface area contributed by atoms with Gasteiger partial charge in [-0.2, -0.15) is 0 Å². The molecule has 1 amide bonds. The Morgan fingerprint density at radius 1 is 1.29 bits per heavy atom. The van der Waals surface area contributed by atoms with Gasteiger partial charge in [-0.3, -0.25) is 4.79 Å². The Hall–Kier alpha value is -1.21. The third-order valence-corrected chi connectivity index (χ3v) is 4.92.